The molecule has 0 spiro atoms. The molecule has 6 heteroatoms. The van der Waals surface area contributed by atoms with Crippen LogP contribution in [0.5, 0.6) is 11.5 Å². The number of nitrogens with zero attached hydrogens (tertiary/aromatic N) is 2. The number of hydrogen-bond acceptors (Lipinski definition) is 4. The number of hydrogen-bond donors (Lipinski definition) is 0. The van der Waals surface area contributed by atoms with E-state index >= 15 is 0 Å². The quantitative estimate of drug-likeness (QED) is 0.0642. The van der Waals surface area contributed by atoms with E-state index in [0.29, 0.717) is 37.1 Å². The zero-order chi connectivity index (χ0) is 35.0. The molecular weight excluding hydrogens is 611 g/mol. The van der Waals surface area contributed by atoms with Crippen molar-refractivity contribution in [2.45, 2.75) is 70.9 Å². The van der Waals surface area contributed by atoms with E-state index in [-0.39, 0.29) is 30.8 Å². The van der Waals surface area contributed by atoms with E-state index in [9.17, 15) is 4.79 Å². The Morgan fingerprint density at radius 2 is 1.36 bits per heavy atom. The molecule has 1 aliphatic rings. The molecule has 1 amide bonds. The topological polar surface area (TPSA) is 42.0 Å². The van der Waals surface area contributed by atoms with Crippen LogP contribution in [-0.2, 0) is 19.4 Å². The monoisotopic (exact) mass is 666 g/mol. The number of fused-ring (bicyclic) bond motifs is 1. The van der Waals surface area contributed by atoms with Crippen LogP contribution in [0.15, 0.2) is 97.1 Å². The number of carbonyl (C=O) groups is 1. The maximum atomic E-state index is 14.0. The van der Waals surface area contributed by atoms with Gasteiger partial charge in [0.1, 0.15) is 0 Å². The van der Waals surface area contributed by atoms with E-state index in [4.69, 9.17) is 9.47 Å². The van der Waals surface area contributed by atoms with Crippen molar-refractivity contribution in [1.82, 2.24) is 4.90 Å². The van der Waals surface area contributed by atoms with Gasteiger partial charge in [-0.15, -0.1) is 13.1 Å². The molecule has 50 heavy (non-hydrogen) atoms. The minimum absolute atomic E-state index is 0. The maximum absolute atomic E-state index is 14.0. The van der Waals surface area contributed by atoms with Gasteiger partial charge in [-0.3, -0.25) is 4.79 Å². The summed E-state index contributed by atoms with van der Waals surface area (Å²) in [5.41, 5.74) is 6.79. The van der Waals surface area contributed by atoms with E-state index in [1.165, 1.54) is 30.4 Å². The molecule has 5 rings (SSSR count). The van der Waals surface area contributed by atoms with Crippen LogP contribution in [0.1, 0.15) is 84.1 Å². The molecule has 0 aromatic heterocycles. The third-order valence-corrected chi connectivity index (χ3v) is 9.65. The normalized spacial score (nSPS) is 13.0. The van der Waals surface area contributed by atoms with Crippen molar-refractivity contribution < 1.29 is 33.1 Å². The Labute approximate surface area is 314 Å². The first kappa shape index (κ1) is 40.8. The summed E-state index contributed by atoms with van der Waals surface area (Å²) in [6.45, 7) is 15.0. The van der Waals surface area contributed by atoms with Crippen LogP contribution in [-0.4, -0.2) is 38.1 Å². The van der Waals surface area contributed by atoms with Crippen molar-refractivity contribution in [3.63, 3.8) is 0 Å². The molecule has 0 aliphatic carbocycles. The summed E-state index contributed by atoms with van der Waals surface area (Å²) in [6.07, 6.45) is 8.81. The Balaban J connectivity index is 0.00000221. The fraction of sp³-hybridized carbons (Fsp3) is 0.364. The van der Waals surface area contributed by atoms with Crippen LogP contribution in [0.3, 0.4) is 0 Å². The molecule has 0 saturated heterocycles. The molecular formula is C44H55LiN2O3-2. The van der Waals surface area contributed by atoms with Crippen LogP contribution in [0, 0.1) is 26.7 Å². The van der Waals surface area contributed by atoms with Crippen LogP contribution >= 0.6 is 0 Å². The number of rotatable bonds is 18. The minimum Gasteiger partial charge on any atom is -0.493 e. The fourth-order valence-corrected chi connectivity index (χ4v) is 7.11. The first-order chi connectivity index (χ1) is 24.1. The van der Waals surface area contributed by atoms with Gasteiger partial charge in [-0.1, -0.05) is 92.1 Å². The summed E-state index contributed by atoms with van der Waals surface area (Å²) < 4.78 is 11.2. The van der Waals surface area contributed by atoms with E-state index in [1.807, 2.05) is 24.3 Å². The standard InChI is InChI=1S/C42H50N2O3.C2H5.Li/c1-5-43(6-2)39-26-16-24-36-37(39)31-44(42(36)45)38(35-27-28-40(46-3)41(30-35)47-4)25-14-13-21-34(29-33-19-11-8-12-20-33)23-15-22-32-17-9-7-10-18-32;1-2;/h7-12,16-20,24,26-28,30,34,38H,1-2,5-6,13-15,21-23,25,29,31H2,3-4H3;1H2,2H3;/q-2;-1;+1/t34?,38-;;/m1../s1. The van der Waals surface area contributed by atoms with Crippen molar-refractivity contribution in [1.29, 1.82) is 0 Å². The zero-order valence-corrected chi connectivity index (χ0v) is 30.9. The molecule has 5 nitrogen and oxygen atoms in total. The van der Waals surface area contributed by atoms with Gasteiger partial charge in [0, 0.05) is 23.4 Å². The summed E-state index contributed by atoms with van der Waals surface area (Å²) in [7, 11) is 3.32. The summed E-state index contributed by atoms with van der Waals surface area (Å²) in [5, 5.41) is 0. The predicted octanol–water partition coefficient (Wildman–Crippen LogP) is 7.16. The number of unbranched alkanes of at least 4 members (excludes halogenated alkanes) is 1. The third kappa shape index (κ3) is 10.7. The first-order valence-corrected chi connectivity index (χ1v) is 17.8. The third-order valence-electron chi connectivity index (χ3n) is 9.65. The summed E-state index contributed by atoms with van der Waals surface area (Å²) >= 11 is 0. The maximum Gasteiger partial charge on any atom is 1.00 e. The number of carbonyl (C=O) groups excluding carboxylic acids is 1. The Bertz CT molecular complexity index is 1560. The van der Waals surface area contributed by atoms with Gasteiger partial charge in [-0.05, 0) is 79.0 Å². The molecule has 0 saturated carbocycles. The molecule has 1 aliphatic heterocycles. The first-order valence-electron chi connectivity index (χ1n) is 17.8. The van der Waals surface area contributed by atoms with Gasteiger partial charge in [0.2, 0.25) is 0 Å². The molecule has 0 radical (unpaired) electrons. The van der Waals surface area contributed by atoms with E-state index in [2.05, 4.69) is 103 Å². The van der Waals surface area contributed by atoms with Gasteiger partial charge in [0.05, 0.1) is 20.3 Å². The van der Waals surface area contributed by atoms with E-state index < -0.39 is 0 Å². The Hall–Kier alpha value is -3.65. The number of anilines is 1. The number of ether oxygens (including phenoxy) is 2. The second kappa shape index (κ2) is 21.5. The van der Waals surface area contributed by atoms with Gasteiger partial charge in [0.25, 0.3) is 5.91 Å². The van der Waals surface area contributed by atoms with Crippen molar-refractivity contribution in [3.05, 3.63) is 146 Å². The van der Waals surface area contributed by atoms with E-state index in [1.54, 1.807) is 21.1 Å². The molecule has 1 unspecified atom stereocenters. The molecule has 0 bridgehead atoms. The number of aryl methyl sites for hydroxylation is 1. The Morgan fingerprint density at radius 1 is 0.740 bits per heavy atom. The number of methoxy groups -OCH3 is 2. The second-order valence-corrected chi connectivity index (χ2v) is 12.6. The minimum atomic E-state index is -0.0823. The summed E-state index contributed by atoms with van der Waals surface area (Å²) in [4.78, 5) is 18.2. The van der Waals surface area contributed by atoms with Crippen LogP contribution in [0.4, 0.5) is 5.69 Å². The molecule has 4 aromatic rings. The zero-order valence-electron chi connectivity index (χ0n) is 30.9. The Morgan fingerprint density at radius 3 is 2.00 bits per heavy atom. The van der Waals surface area contributed by atoms with E-state index in [0.717, 1.165) is 54.5 Å². The van der Waals surface area contributed by atoms with Crippen LogP contribution in [0.2, 0.25) is 0 Å². The summed E-state index contributed by atoms with van der Waals surface area (Å²) in [5.74, 6) is 2.07. The Kier molecular flexibility index (Phi) is 17.6. The molecule has 0 N–H and O–H groups in total. The molecule has 2 atom stereocenters. The van der Waals surface area contributed by atoms with Gasteiger partial charge in [-0.25, -0.2) is 0 Å². The molecule has 0 fully saturated rings. The van der Waals surface area contributed by atoms with Gasteiger partial charge in [0.15, 0.2) is 11.5 Å². The van der Waals surface area contributed by atoms with Crippen molar-refractivity contribution in [3.8, 4) is 11.5 Å². The van der Waals surface area contributed by atoms with Crippen LogP contribution in [0.25, 0.3) is 0 Å². The van der Waals surface area contributed by atoms with Crippen molar-refractivity contribution >= 4 is 11.6 Å². The fourth-order valence-electron chi connectivity index (χ4n) is 7.11. The smallest absolute Gasteiger partial charge is 0.493 e. The number of benzene rings is 4. The molecule has 4 aromatic carbocycles. The number of amides is 1. The average molecular weight is 667 g/mol. The van der Waals surface area contributed by atoms with Crippen molar-refractivity contribution in [2.75, 3.05) is 32.2 Å². The molecule has 1 heterocycles. The molecule has 262 valence electrons. The SMILES string of the molecule is [CH2-]C.[CH2-]CN(C[CH2-])c1cccc2c1CN([C@H](CCCCC(CCCc1ccccc1)Cc1ccccc1)c1ccc(OC)c(OC)c1)C2=O.[Li+]. The average Bonchev–Trinajstić information content (AvgIpc) is 3.49. The van der Waals surface area contributed by atoms with Gasteiger partial charge < -0.3 is 40.0 Å². The summed E-state index contributed by atoms with van der Waals surface area (Å²) in [6, 6.07) is 33.7. The largest absolute Gasteiger partial charge is 1.00 e. The van der Waals surface area contributed by atoms with Crippen LogP contribution < -0.4 is 33.2 Å². The predicted molar refractivity (Wildman–Crippen MR) is 204 cm³/mol. The van der Waals surface area contributed by atoms with Crippen molar-refractivity contribution in [2.24, 2.45) is 5.92 Å². The van der Waals surface area contributed by atoms with Gasteiger partial charge in [-0.2, -0.15) is 6.92 Å². The second-order valence-electron chi connectivity index (χ2n) is 12.6. The van der Waals surface area contributed by atoms with Gasteiger partial charge >= 0.3 is 18.9 Å².